The molecule has 1 aromatic heterocycles. The van der Waals surface area contributed by atoms with Crippen molar-refractivity contribution in [1.82, 2.24) is 4.98 Å². The number of hydrogen-bond donors (Lipinski definition) is 2. The summed E-state index contributed by atoms with van der Waals surface area (Å²) in [5.41, 5.74) is 6.07. The Morgan fingerprint density at radius 1 is 1.67 bits per heavy atom. The number of nitrogens with one attached hydrogen (secondary N) is 1. The fraction of sp³-hybridized carbons (Fsp3) is 0.286. The molecule has 0 spiro atoms. The molecule has 66 valence electrons. The van der Waals surface area contributed by atoms with Crippen LogP contribution in [0, 0.1) is 4.78 Å². The first-order valence-corrected chi connectivity index (χ1v) is 5.39. The predicted molar refractivity (Wildman–Crippen MR) is 47.2 cm³/mol. The van der Waals surface area contributed by atoms with E-state index in [0.717, 1.165) is 5.69 Å². The highest BCUT2D eigenvalue weighted by molar-refractivity contribution is 7.91. The topological polar surface area (TPSA) is 79.8 Å². The van der Waals surface area contributed by atoms with E-state index in [2.05, 4.69) is 4.98 Å². The highest BCUT2D eigenvalue weighted by Crippen LogP contribution is 2.07. The Balaban J connectivity index is 3.09. The zero-order valence-electron chi connectivity index (χ0n) is 6.78. The molecule has 0 saturated carbocycles. The number of rotatable bonds is 2. The molecule has 5 heteroatoms. The maximum Gasteiger partial charge on any atom is 0.0712 e. The highest BCUT2D eigenvalue weighted by atomic mass is 32.2. The second-order valence-electron chi connectivity index (χ2n) is 2.53. The normalized spacial score (nSPS) is 15.5. The minimum Gasteiger partial charge on any atom is -0.325 e. The van der Waals surface area contributed by atoms with Crippen LogP contribution in [0.15, 0.2) is 23.2 Å². The number of hydrogen-bond acceptors (Lipinski definition) is 4. The molecule has 0 aliphatic heterocycles. The van der Waals surface area contributed by atoms with Gasteiger partial charge in [-0.15, -0.1) is 0 Å². The van der Waals surface area contributed by atoms with Crippen LogP contribution >= 0.6 is 0 Å². The third kappa shape index (κ3) is 2.02. The van der Waals surface area contributed by atoms with Crippen molar-refractivity contribution in [2.45, 2.75) is 11.4 Å². The molecule has 0 fully saturated rings. The van der Waals surface area contributed by atoms with Crippen LogP contribution < -0.4 is 5.73 Å². The van der Waals surface area contributed by atoms with E-state index in [-0.39, 0.29) is 0 Å². The van der Waals surface area contributed by atoms with Gasteiger partial charge in [0.1, 0.15) is 0 Å². The number of nitrogens with two attached hydrogens (primary N) is 1. The first kappa shape index (κ1) is 9.15. The number of nitrogens with zero attached hydrogens (tertiary/aromatic N) is 1. The summed E-state index contributed by atoms with van der Waals surface area (Å²) >= 11 is 0. The van der Waals surface area contributed by atoms with Crippen LogP contribution in [0.4, 0.5) is 0 Å². The second kappa shape index (κ2) is 3.20. The molecule has 0 aliphatic carbocycles. The fourth-order valence-electron chi connectivity index (χ4n) is 0.762. The van der Waals surface area contributed by atoms with E-state index in [0.29, 0.717) is 11.4 Å². The SMILES string of the molecule is CS(=N)(=O)c1ccc(CN)nc1. The van der Waals surface area contributed by atoms with Crippen LogP contribution in [0.3, 0.4) is 0 Å². The van der Waals surface area contributed by atoms with Gasteiger partial charge in [0, 0.05) is 19.0 Å². The Labute approximate surface area is 71.8 Å². The molecule has 3 N–H and O–H groups in total. The summed E-state index contributed by atoms with van der Waals surface area (Å²) in [6, 6.07) is 3.32. The molecular weight excluding hydrogens is 174 g/mol. The standard InChI is InChI=1S/C7H11N3OS/c1-12(9,11)7-3-2-6(4-8)10-5-7/h2-3,5,9H,4,8H2,1H3. The van der Waals surface area contributed by atoms with Crippen LogP contribution in [-0.4, -0.2) is 15.4 Å². The van der Waals surface area contributed by atoms with Crippen LogP contribution in [0.2, 0.25) is 0 Å². The van der Waals surface area contributed by atoms with Gasteiger partial charge in [0.15, 0.2) is 0 Å². The van der Waals surface area contributed by atoms with E-state index in [1.165, 1.54) is 12.5 Å². The Bertz CT molecular complexity index is 355. The summed E-state index contributed by atoms with van der Waals surface area (Å²) < 4.78 is 18.4. The third-order valence-electron chi connectivity index (χ3n) is 1.46. The number of pyridine rings is 1. The summed E-state index contributed by atoms with van der Waals surface area (Å²) in [7, 11) is -2.63. The lowest BCUT2D eigenvalue weighted by atomic mass is 10.4. The van der Waals surface area contributed by atoms with Crippen molar-refractivity contribution >= 4 is 9.73 Å². The molecule has 0 amide bonds. The lowest BCUT2D eigenvalue weighted by molar-refractivity contribution is 0.678. The molecule has 0 radical (unpaired) electrons. The molecule has 1 unspecified atom stereocenters. The Hall–Kier alpha value is -0.940. The molecular formula is C7H11N3OS. The van der Waals surface area contributed by atoms with Crippen molar-refractivity contribution in [1.29, 1.82) is 4.78 Å². The van der Waals surface area contributed by atoms with Crippen molar-refractivity contribution in [3.8, 4) is 0 Å². The molecule has 12 heavy (non-hydrogen) atoms. The van der Waals surface area contributed by atoms with E-state index in [1.54, 1.807) is 12.1 Å². The predicted octanol–water partition coefficient (Wildman–Crippen LogP) is 0.576. The quantitative estimate of drug-likeness (QED) is 0.707. The molecule has 1 aromatic rings. The van der Waals surface area contributed by atoms with Gasteiger partial charge in [-0.1, -0.05) is 0 Å². The Kier molecular flexibility index (Phi) is 2.44. The molecule has 0 aliphatic rings. The van der Waals surface area contributed by atoms with Crippen LogP contribution in [0.1, 0.15) is 5.69 Å². The minimum atomic E-state index is -2.63. The highest BCUT2D eigenvalue weighted by Gasteiger charge is 2.02. The number of aromatic nitrogens is 1. The van der Waals surface area contributed by atoms with Gasteiger partial charge in [-0.25, -0.2) is 8.99 Å². The van der Waals surface area contributed by atoms with E-state index < -0.39 is 9.73 Å². The smallest absolute Gasteiger partial charge is 0.0712 e. The maximum atomic E-state index is 11.2. The van der Waals surface area contributed by atoms with Gasteiger partial charge >= 0.3 is 0 Å². The van der Waals surface area contributed by atoms with E-state index in [4.69, 9.17) is 10.5 Å². The first-order valence-electron chi connectivity index (χ1n) is 3.43. The monoisotopic (exact) mass is 185 g/mol. The van der Waals surface area contributed by atoms with Gasteiger partial charge in [0.05, 0.1) is 20.3 Å². The maximum absolute atomic E-state index is 11.2. The largest absolute Gasteiger partial charge is 0.325 e. The lowest BCUT2D eigenvalue weighted by Crippen LogP contribution is -2.01. The molecule has 1 heterocycles. The molecule has 0 saturated heterocycles. The van der Waals surface area contributed by atoms with E-state index >= 15 is 0 Å². The van der Waals surface area contributed by atoms with Crippen LogP contribution in [0.5, 0.6) is 0 Å². The van der Waals surface area contributed by atoms with Gasteiger partial charge in [-0.2, -0.15) is 0 Å². The molecule has 0 aromatic carbocycles. The van der Waals surface area contributed by atoms with Gasteiger partial charge in [0.2, 0.25) is 0 Å². The molecule has 1 atom stereocenters. The zero-order valence-corrected chi connectivity index (χ0v) is 7.60. The van der Waals surface area contributed by atoms with Crippen molar-refractivity contribution in [2.24, 2.45) is 5.73 Å². The summed E-state index contributed by atoms with van der Waals surface area (Å²) in [6.45, 7) is 0.364. The Morgan fingerprint density at radius 2 is 2.33 bits per heavy atom. The third-order valence-corrected chi connectivity index (χ3v) is 2.60. The van der Waals surface area contributed by atoms with Crippen molar-refractivity contribution in [3.63, 3.8) is 0 Å². The molecule has 4 nitrogen and oxygen atoms in total. The van der Waals surface area contributed by atoms with E-state index in [9.17, 15) is 4.21 Å². The van der Waals surface area contributed by atoms with Gasteiger partial charge in [-0.05, 0) is 12.1 Å². The van der Waals surface area contributed by atoms with Gasteiger partial charge in [-0.3, -0.25) is 4.98 Å². The summed E-state index contributed by atoms with van der Waals surface area (Å²) in [6.07, 6.45) is 2.81. The van der Waals surface area contributed by atoms with Crippen molar-refractivity contribution < 1.29 is 4.21 Å². The first-order chi connectivity index (χ1) is 5.54. The zero-order chi connectivity index (χ0) is 9.19. The summed E-state index contributed by atoms with van der Waals surface area (Å²) in [5, 5.41) is 0. The average Bonchev–Trinajstić information content (AvgIpc) is 2.03. The second-order valence-corrected chi connectivity index (χ2v) is 4.69. The lowest BCUT2D eigenvalue weighted by Gasteiger charge is -2.00. The minimum absolute atomic E-state index is 0.364. The van der Waals surface area contributed by atoms with Crippen molar-refractivity contribution in [3.05, 3.63) is 24.0 Å². The molecule has 0 bridgehead atoms. The van der Waals surface area contributed by atoms with Gasteiger partial charge in [0.25, 0.3) is 0 Å². The summed E-state index contributed by atoms with van der Waals surface area (Å²) in [5.74, 6) is 0. The Morgan fingerprint density at radius 3 is 2.67 bits per heavy atom. The van der Waals surface area contributed by atoms with Crippen molar-refractivity contribution in [2.75, 3.05) is 6.26 Å². The van der Waals surface area contributed by atoms with Crippen LogP contribution in [0.25, 0.3) is 0 Å². The van der Waals surface area contributed by atoms with Crippen LogP contribution in [-0.2, 0) is 16.3 Å². The van der Waals surface area contributed by atoms with E-state index in [1.807, 2.05) is 0 Å². The average molecular weight is 185 g/mol. The van der Waals surface area contributed by atoms with Gasteiger partial charge < -0.3 is 5.73 Å². The summed E-state index contributed by atoms with van der Waals surface area (Å²) in [4.78, 5) is 4.38. The fourth-order valence-corrected chi connectivity index (χ4v) is 1.34. The molecule has 1 rings (SSSR count).